The maximum atomic E-state index is 13.8. The summed E-state index contributed by atoms with van der Waals surface area (Å²) < 4.78 is 27.7. The molecule has 0 aliphatic carbocycles. The van der Waals surface area contributed by atoms with E-state index >= 15 is 0 Å². The van der Waals surface area contributed by atoms with Crippen molar-refractivity contribution in [1.82, 2.24) is 15.3 Å². The van der Waals surface area contributed by atoms with E-state index < -0.39 is 5.92 Å². The molecule has 0 unspecified atom stereocenters. The van der Waals surface area contributed by atoms with Crippen LogP contribution in [0, 0.1) is 0 Å². The third-order valence-corrected chi connectivity index (χ3v) is 5.08. The zero-order valence-corrected chi connectivity index (χ0v) is 20.2. The minimum Gasteiger partial charge on any atom is -0.396 e. The number of aromatic nitrogens is 2. The van der Waals surface area contributed by atoms with Gasteiger partial charge in [-0.1, -0.05) is 45.4 Å². The minimum atomic E-state index is -3.00. The van der Waals surface area contributed by atoms with Crippen LogP contribution in [0.1, 0.15) is 52.0 Å². The number of rotatable bonds is 13. The largest absolute Gasteiger partial charge is 0.396 e. The van der Waals surface area contributed by atoms with Crippen LogP contribution in [-0.2, 0) is 5.92 Å². The smallest absolute Gasteiger partial charge is 0.272 e. The Hall–Kier alpha value is -3.55. The molecular formula is C26H34F2N6. The van der Waals surface area contributed by atoms with Crippen LogP contribution in [0.4, 0.5) is 20.3 Å². The lowest BCUT2D eigenvalue weighted by molar-refractivity contribution is 0.0171. The molecule has 0 aliphatic heterocycles. The number of nitrogens with zero attached hydrogens (tertiary/aromatic N) is 4. The topological polar surface area (TPSA) is 79.4 Å². The molecule has 0 aromatic carbocycles. The van der Waals surface area contributed by atoms with Gasteiger partial charge in [-0.25, -0.2) is 18.8 Å². The van der Waals surface area contributed by atoms with Crippen molar-refractivity contribution in [1.29, 1.82) is 0 Å². The van der Waals surface area contributed by atoms with Crippen molar-refractivity contribution in [2.45, 2.75) is 52.4 Å². The van der Waals surface area contributed by atoms with Crippen molar-refractivity contribution >= 4 is 17.7 Å². The first-order valence-corrected chi connectivity index (χ1v) is 11.4. The SMILES string of the molecule is C=C/C=C(\N=CC)NC(=C)N(CCCCCC)c1nc(-c2cncc(C(C)(F)F)c2)ccc1N. The Morgan fingerprint density at radius 2 is 2.03 bits per heavy atom. The Bertz CT molecular complexity index is 1040. The molecule has 2 heterocycles. The molecule has 182 valence electrons. The van der Waals surface area contributed by atoms with Crippen LogP contribution in [0.15, 0.2) is 72.5 Å². The number of halogens is 2. The molecule has 2 rings (SSSR count). The predicted molar refractivity (Wildman–Crippen MR) is 138 cm³/mol. The summed E-state index contributed by atoms with van der Waals surface area (Å²) in [6, 6.07) is 4.81. The fourth-order valence-corrected chi connectivity index (χ4v) is 3.30. The summed E-state index contributed by atoms with van der Waals surface area (Å²) in [6.07, 6.45) is 11.9. The van der Waals surface area contributed by atoms with E-state index in [1.165, 1.54) is 12.3 Å². The second-order valence-corrected chi connectivity index (χ2v) is 7.92. The highest BCUT2D eigenvalue weighted by Gasteiger charge is 2.25. The standard InChI is InChI=1S/C26H34F2N6/c1-6-9-10-11-15-34(19(4)32-24(12-7-2)31-8-3)25-22(29)13-14-23(33-25)20-16-21(18-30-17-20)26(5,27)28/h7-8,12-14,16-18,32H,2,4,6,9-11,15,29H2,1,3,5H3/b24-12+,31-8?. The number of aliphatic imine (C=N–C) groups is 1. The molecule has 0 fully saturated rings. The van der Waals surface area contributed by atoms with Gasteiger partial charge in [-0.15, -0.1) is 0 Å². The predicted octanol–water partition coefficient (Wildman–Crippen LogP) is 6.40. The summed E-state index contributed by atoms with van der Waals surface area (Å²) in [5.41, 5.74) is 7.55. The number of allylic oxidation sites excluding steroid dienone is 2. The monoisotopic (exact) mass is 468 g/mol. The lowest BCUT2D eigenvalue weighted by atomic mass is 10.1. The van der Waals surface area contributed by atoms with E-state index in [4.69, 9.17) is 10.7 Å². The van der Waals surface area contributed by atoms with Gasteiger partial charge in [-0.2, -0.15) is 0 Å². The van der Waals surface area contributed by atoms with E-state index in [0.717, 1.165) is 38.8 Å². The van der Waals surface area contributed by atoms with Crippen LogP contribution in [0.25, 0.3) is 11.3 Å². The number of alkyl halides is 2. The molecule has 0 bridgehead atoms. The summed E-state index contributed by atoms with van der Waals surface area (Å²) in [4.78, 5) is 14.9. The first kappa shape index (κ1) is 26.7. The first-order valence-electron chi connectivity index (χ1n) is 11.4. The van der Waals surface area contributed by atoms with Gasteiger partial charge < -0.3 is 16.0 Å². The normalized spacial score (nSPS) is 12.1. The van der Waals surface area contributed by atoms with Crippen LogP contribution >= 0.6 is 0 Å². The van der Waals surface area contributed by atoms with E-state index in [-0.39, 0.29) is 5.56 Å². The first-order chi connectivity index (χ1) is 16.2. The van der Waals surface area contributed by atoms with Gasteiger partial charge in [0.15, 0.2) is 5.82 Å². The zero-order valence-electron chi connectivity index (χ0n) is 20.2. The van der Waals surface area contributed by atoms with Gasteiger partial charge in [0.25, 0.3) is 5.92 Å². The average molecular weight is 469 g/mol. The molecule has 0 aliphatic rings. The molecule has 2 aromatic heterocycles. The number of nitrogens with two attached hydrogens (primary N) is 1. The molecule has 34 heavy (non-hydrogen) atoms. The molecule has 6 nitrogen and oxygen atoms in total. The Kier molecular flexibility index (Phi) is 9.92. The molecule has 2 aromatic rings. The minimum absolute atomic E-state index is 0.177. The lowest BCUT2D eigenvalue weighted by Crippen LogP contribution is -2.32. The highest BCUT2D eigenvalue weighted by Crippen LogP contribution is 2.32. The van der Waals surface area contributed by atoms with Gasteiger partial charge in [-0.05, 0) is 37.6 Å². The van der Waals surface area contributed by atoms with Crippen molar-refractivity contribution in [2.24, 2.45) is 4.99 Å². The number of unbranched alkanes of at least 4 members (excludes halogenated alkanes) is 3. The number of nitrogens with one attached hydrogen (secondary N) is 1. The van der Waals surface area contributed by atoms with Gasteiger partial charge in [0.2, 0.25) is 0 Å². The Balaban J connectivity index is 2.46. The molecule has 0 radical (unpaired) electrons. The summed E-state index contributed by atoms with van der Waals surface area (Å²) in [5, 5.41) is 3.19. The number of hydrogen-bond donors (Lipinski definition) is 2. The van der Waals surface area contributed by atoms with Gasteiger partial charge in [-0.3, -0.25) is 4.98 Å². The van der Waals surface area contributed by atoms with Crippen molar-refractivity contribution < 1.29 is 8.78 Å². The summed E-state index contributed by atoms with van der Waals surface area (Å²) in [6.45, 7) is 13.3. The van der Waals surface area contributed by atoms with Crippen LogP contribution < -0.4 is 16.0 Å². The third-order valence-electron chi connectivity index (χ3n) is 5.08. The van der Waals surface area contributed by atoms with Crippen LogP contribution in [0.3, 0.4) is 0 Å². The molecule has 8 heteroatoms. The molecule has 0 saturated carbocycles. The van der Waals surface area contributed by atoms with Crippen molar-refractivity contribution in [3.8, 4) is 11.3 Å². The van der Waals surface area contributed by atoms with E-state index in [1.807, 2.05) is 11.8 Å². The van der Waals surface area contributed by atoms with Crippen LogP contribution in [0.2, 0.25) is 0 Å². The second kappa shape index (κ2) is 12.6. The Morgan fingerprint density at radius 1 is 1.26 bits per heavy atom. The van der Waals surface area contributed by atoms with E-state index in [2.05, 4.69) is 35.4 Å². The Labute approximate surface area is 201 Å². The molecule has 3 N–H and O–H groups in total. The van der Waals surface area contributed by atoms with Crippen molar-refractivity contribution in [3.63, 3.8) is 0 Å². The number of nitrogen functional groups attached to an aromatic ring is 1. The number of pyridine rings is 2. The fourth-order valence-electron chi connectivity index (χ4n) is 3.30. The van der Waals surface area contributed by atoms with Gasteiger partial charge in [0.05, 0.1) is 11.4 Å². The summed E-state index contributed by atoms with van der Waals surface area (Å²) in [5.74, 6) is -1.41. The zero-order chi connectivity index (χ0) is 25.1. The molecule has 0 atom stereocenters. The highest BCUT2D eigenvalue weighted by molar-refractivity contribution is 5.71. The maximum absolute atomic E-state index is 13.8. The lowest BCUT2D eigenvalue weighted by Gasteiger charge is -2.28. The highest BCUT2D eigenvalue weighted by atomic mass is 19.3. The van der Waals surface area contributed by atoms with E-state index in [0.29, 0.717) is 40.9 Å². The molecule has 0 saturated heterocycles. The number of hydrogen-bond acceptors (Lipinski definition) is 6. The quantitative estimate of drug-likeness (QED) is 0.202. The molecule has 0 amide bonds. The Morgan fingerprint density at radius 3 is 2.68 bits per heavy atom. The van der Waals surface area contributed by atoms with Crippen molar-refractivity contribution in [2.75, 3.05) is 17.2 Å². The van der Waals surface area contributed by atoms with E-state index in [9.17, 15) is 8.78 Å². The van der Waals surface area contributed by atoms with Crippen LogP contribution in [0.5, 0.6) is 0 Å². The molecular weight excluding hydrogens is 434 g/mol. The van der Waals surface area contributed by atoms with Crippen LogP contribution in [-0.4, -0.2) is 22.7 Å². The van der Waals surface area contributed by atoms with E-state index in [1.54, 1.807) is 30.5 Å². The van der Waals surface area contributed by atoms with Gasteiger partial charge in [0, 0.05) is 43.2 Å². The second-order valence-electron chi connectivity index (χ2n) is 7.92. The number of anilines is 2. The maximum Gasteiger partial charge on any atom is 0.272 e. The van der Waals surface area contributed by atoms with Crippen molar-refractivity contribution in [3.05, 3.63) is 73.1 Å². The average Bonchev–Trinajstić information content (AvgIpc) is 2.79. The van der Waals surface area contributed by atoms with Gasteiger partial charge >= 0.3 is 0 Å². The molecule has 0 spiro atoms. The third kappa shape index (κ3) is 7.50. The fraction of sp³-hybridized carbons (Fsp3) is 0.346. The summed E-state index contributed by atoms with van der Waals surface area (Å²) >= 11 is 0. The van der Waals surface area contributed by atoms with Gasteiger partial charge in [0.1, 0.15) is 11.6 Å². The summed E-state index contributed by atoms with van der Waals surface area (Å²) in [7, 11) is 0.